The van der Waals surface area contributed by atoms with Crippen molar-refractivity contribution in [3.05, 3.63) is 59.7 Å². The number of benzene rings is 2. The molecule has 8 heteroatoms. The van der Waals surface area contributed by atoms with Crippen LogP contribution in [0, 0.1) is 0 Å². The van der Waals surface area contributed by atoms with Gasteiger partial charge in [-0.3, -0.25) is 9.10 Å². The van der Waals surface area contributed by atoms with Gasteiger partial charge in [-0.1, -0.05) is 24.3 Å². The van der Waals surface area contributed by atoms with Gasteiger partial charge in [-0.15, -0.1) is 0 Å². The zero-order chi connectivity index (χ0) is 20.6. The molecule has 0 aliphatic rings. The van der Waals surface area contributed by atoms with E-state index in [4.69, 9.17) is 9.47 Å². The number of hydrogen-bond donors (Lipinski definition) is 1. The number of nitrogens with zero attached hydrogens (tertiary/aromatic N) is 1. The lowest BCUT2D eigenvalue weighted by Gasteiger charge is -2.24. The molecule has 0 aliphatic carbocycles. The van der Waals surface area contributed by atoms with E-state index in [1.807, 2.05) is 6.92 Å². The maximum atomic E-state index is 12.4. The van der Waals surface area contributed by atoms with Crippen molar-refractivity contribution >= 4 is 21.6 Å². The second kappa shape index (κ2) is 10.1. The molecule has 28 heavy (non-hydrogen) atoms. The number of nitrogens with one attached hydrogen (secondary N) is 1. The lowest BCUT2D eigenvalue weighted by Crippen LogP contribution is -2.30. The van der Waals surface area contributed by atoms with Gasteiger partial charge in [0.1, 0.15) is 5.75 Å². The van der Waals surface area contributed by atoms with Crippen molar-refractivity contribution in [3.63, 3.8) is 0 Å². The fourth-order valence-corrected chi connectivity index (χ4v) is 3.51. The predicted molar refractivity (Wildman–Crippen MR) is 109 cm³/mol. The van der Waals surface area contributed by atoms with E-state index in [2.05, 4.69) is 5.32 Å². The Morgan fingerprint density at radius 2 is 1.79 bits per heavy atom. The molecular weight excluding hydrogens is 380 g/mol. The molecule has 0 heterocycles. The highest BCUT2D eigenvalue weighted by Crippen LogP contribution is 2.31. The molecule has 152 valence electrons. The molecule has 0 aliphatic heterocycles. The van der Waals surface area contributed by atoms with E-state index in [0.29, 0.717) is 36.8 Å². The second-order valence-electron chi connectivity index (χ2n) is 6.12. The standard InChI is InChI=1S/C20H26N2O5S/c1-4-27-19-8-6-5-7-18(19)22(28(3,24)25)15-16-9-11-17(12-10-16)20(23)21-13-14-26-2/h5-12H,4,13-15H2,1-3H3,(H,21,23). The fraction of sp³-hybridized carbons (Fsp3) is 0.350. The van der Waals surface area contributed by atoms with E-state index < -0.39 is 10.0 Å². The van der Waals surface area contributed by atoms with Crippen LogP contribution in [0.15, 0.2) is 48.5 Å². The summed E-state index contributed by atoms with van der Waals surface area (Å²) in [7, 11) is -1.97. The SMILES string of the molecule is CCOc1ccccc1N(Cc1ccc(C(=O)NCCOC)cc1)S(C)(=O)=O. The third kappa shape index (κ3) is 5.97. The normalized spacial score (nSPS) is 11.1. The molecule has 2 rings (SSSR count). The van der Waals surface area contributed by atoms with Crippen molar-refractivity contribution in [3.8, 4) is 5.75 Å². The Labute approximate surface area is 166 Å². The molecule has 0 saturated carbocycles. The van der Waals surface area contributed by atoms with Crippen molar-refractivity contribution in [2.24, 2.45) is 0 Å². The number of para-hydroxylation sites is 2. The summed E-state index contributed by atoms with van der Waals surface area (Å²) in [6.45, 7) is 3.27. The molecule has 1 amide bonds. The molecule has 2 aromatic carbocycles. The van der Waals surface area contributed by atoms with Gasteiger partial charge in [-0.25, -0.2) is 8.42 Å². The van der Waals surface area contributed by atoms with Crippen LogP contribution in [0.2, 0.25) is 0 Å². The van der Waals surface area contributed by atoms with Gasteiger partial charge in [0.2, 0.25) is 10.0 Å². The van der Waals surface area contributed by atoms with E-state index in [1.54, 1.807) is 55.6 Å². The molecule has 0 atom stereocenters. The number of anilines is 1. The Kier molecular flexibility index (Phi) is 7.83. The van der Waals surface area contributed by atoms with Gasteiger partial charge in [0.15, 0.2) is 0 Å². The van der Waals surface area contributed by atoms with Gasteiger partial charge in [0.05, 0.1) is 31.7 Å². The first-order chi connectivity index (χ1) is 13.4. The monoisotopic (exact) mass is 406 g/mol. The van der Waals surface area contributed by atoms with E-state index in [-0.39, 0.29) is 12.5 Å². The van der Waals surface area contributed by atoms with Crippen molar-refractivity contribution in [2.45, 2.75) is 13.5 Å². The minimum atomic E-state index is -3.54. The number of sulfonamides is 1. The quantitative estimate of drug-likeness (QED) is 0.613. The number of carbonyl (C=O) groups is 1. The summed E-state index contributed by atoms with van der Waals surface area (Å²) in [6.07, 6.45) is 1.16. The summed E-state index contributed by atoms with van der Waals surface area (Å²) >= 11 is 0. The van der Waals surface area contributed by atoms with Crippen LogP contribution in [0.1, 0.15) is 22.8 Å². The molecule has 0 aromatic heterocycles. The molecule has 0 radical (unpaired) electrons. The smallest absolute Gasteiger partial charge is 0.251 e. The van der Waals surface area contributed by atoms with Crippen molar-refractivity contribution in [1.29, 1.82) is 0 Å². The van der Waals surface area contributed by atoms with Crippen LogP contribution in [-0.4, -0.2) is 47.4 Å². The highest BCUT2D eigenvalue weighted by molar-refractivity contribution is 7.92. The van der Waals surface area contributed by atoms with Crippen molar-refractivity contribution in [2.75, 3.05) is 37.4 Å². The third-order valence-electron chi connectivity index (χ3n) is 3.97. The Morgan fingerprint density at radius 3 is 2.39 bits per heavy atom. The minimum absolute atomic E-state index is 0.133. The third-order valence-corrected chi connectivity index (χ3v) is 5.09. The number of carbonyl (C=O) groups excluding carboxylic acids is 1. The van der Waals surface area contributed by atoms with Crippen LogP contribution in [0.5, 0.6) is 5.75 Å². The molecule has 0 fully saturated rings. The zero-order valence-corrected chi connectivity index (χ0v) is 17.2. The molecular formula is C20H26N2O5S. The lowest BCUT2D eigenvalue weighted by atomic mass is 10.1. The number of amides is 1. The Hall–Kier alpha value is -2.58. The second-order valence-corrected chi connectivity index (χ2v) is 8.02. The van der Waals surface area contributed by atoms with E-state index >= 15 is 0 Å². The number of rotatable bonds is 10. The number of methoxy groups -OCH3 is 1. The lowest BCUT2D eigenvalue weighted by molar-refractivity contribution is 0.0937. The molecule has 2 aromatic rings. The van der Waals surface area contributed by atoms with Crippen LogP contribution in [0.3, 0.4) is 0 Å². The zero-order valence-electron chi connectivity index (χ0n) is 16.3. The van der Waals surface area contributed by atoms with E-state index in [0.717, 1.165) is 11.8 Å². The van der Waals surface area contributed by atoms with Crippen LogP contribution in [0.4, 0.5) is 5.69 Å². The van der Waals surface area contributed by atoms with Gasteiger partial charge in [-0.05, 0) is 36.8 Å². The average Bonchev–Trinajstić information content (AvgIpc) is 2.67. The Bertz CT molecular complexity index is 882. The van der Waals surface area contributed by atoms with Crippen LogP contribution < -0.4 is 14.4 Å². The van der Waals surface area contributed by atoms with Crippen LogP contribution in [-0.2, 0) is 21.3 Å². The van der Waals surface area contributed by atoms with Gasteiger partial charge >= 0.3 is 0 Å². The fourth-order valence-electron chi connectivity index (χ4n) is 2.62. The molecule has 7 nitrogen and oxygen atoms in total. The first-order valence-corrected chi connectivity index (χ1v) is 10.8. The highest BCUT2D eigenvalue weighted by atomic mass is 32.2. The highest BCUT2D eigenvalue weighted by Gasteiger charge is 2.21. The topological polar surface area (TPSA) is 84.9 Å². The van der Waals surface area contributed by atoms with Crippen molar-refractivity contribution < 1.29 is 22.7 Å². The summed E-state index contributed by atoms with van der Waals surface area (Å²) in [5, 5.41) is 2.74. The predicted octanol–water partition coefficient (Wildman–Crippen LogP) is 2.43. The molecule has 1 N–H and O–H groups in total. The van der Waals surface area contributed by atoms with Gasteiger partial charge < -0.3 is 14.8 Å². The van der Waals surface area contributed by atoms with Gasteiger partial charge in [0.25, 0.3) is 5.91 Å². The maximum absolute atomic E-state index is 12.4. The van der Waals surface area contributed by atoms with Crippen LogP contribution >= 0.6 is 0 Å². The Morgan fingerprint density at radius 1 is 1.11 bits per heavy atom. The molecule has 0 spiro atoms. The minimum Gasteiger partial charge on any atom is -0.492 e. The van der Waals surface area contributed by atoms with E-state index in [9.17, 15) is 13.2 Å². The molecule has 0 saturated heterocycles. The first-order valence-electron chi connectivity index (χ1n) is 8.92. The summed E-state index contributed by atoms with van der Waals surface area (Å²) < 4.78 is 36.6. The summed E-state index contributed by atoms with van der Waals surface area (Å²) in [6, 6.07) is 13.8. The summed E-state index contributed by atoms with van der Waals surface area (Å²) in [4.78, 5) is 12.1. The maximum Gasteiger partial charge on any atom is 0.251 e. The van der Waals surface area contributed by atoms with Crippen LogP contribution in [0.25, 0.3) is 0 Å². The number of hydrogen-bond acceptors (Lipinski definition) is 5. The van der Waals surface area contributed by atoms with Crippen molar-refractivity contribution in [1.82, 2.24) is 5.32 Å². The summed E-state index contributed by atoms with van der Waals surface area (Å²) in [5.41, 5.74) is 1.74. The molecule has 0 unspecified atom stereocenters. The average molecular weight is 407 g/mol. The van der Waals surface area contributed by atoms with E-state index in [1.165, 1.54) is 4.31 Å². The van der Waals surface area contributed by atoms with Gasteiger partial charge in [-0.2, -0.15) is 0 Å². The largest absolute Gasteiger partial charge is 0.492 e. The first kappa shape index (κ1) is 21.7. The Balaban J connectivity index is 2.21. The summed E-state index contributed by atoms with van der Waals surface area (Å²) in [5.74, 6) is 0.301. The number of ether oxygens (including phenoxy) is 2. The molecule has 0 bridgehead atoms. The van der Waals surface area contributed by atoms with Gasteiger partial charge in [0, 0.05) is 19.2 Å².